The number of nitrogens with one attached hydrogen (secondary N) is 1. The van der Waals surface area contributed by atoms with Crippen LogP contribution < -0.4 is 4.90 Å². The number of aromatic nitrogens is 4. The first-order valence-corrected chi connectivity index (χ1v) is 9.22. The molecule has 2 aromatic carbocycles. The quantitative estimate of drug-likeness (QED) is 0.741. The molecule has 1 heterocycles. The molecule has 0 radical (unpaired) electrons. The summed E-state index contributed by atoms with van der Waals surface area (Å²) in [6, 6.07) is 12.6. The van der Waals surface area contributed by atoms with Crippen molar-refractivity contribution in [1.82, 2.24) is 20.6 Å². The maximum absolute atomic E-state index is 6.13. The average molecular weight is 376 g/mol. The van der Waals surface area contributed by atoms with E-state index in [1.54, 1.807) is 0 Å². The van der Waals surface area contributed by atoms with Crippen LogP contribution in [0.4, 0.5) is 5.69 Å². The van der Waals surface area contributed by atoms with Gasteiger partial charge in [-0.1, -0.05) is 29.8 Å². The smallest absolute Gasteiger partial charge is 0.152 e. The number of hydrogen-bond donors (Lipinski definition) is 1. The zero-order valence-corrected chi connectivity index (χ0v) is 16.1. The molecule has 134 valence electrons. The summed E-state index contributed by atoms with van der Waals surface area (Å²) in [6.45, 7) is 2.20. The first-order chi connectivity index (χ1) is 13.1. The van der Waals surface area contributed by atoms with Crippen molar-refractivity contribution < 1.29 is 0 Å². The van der Waals surface area contributed by atoms with Crippen LogP contribution in [0, 0.1) is 0 Å². The Labute approximate surface area is 162 Å². The minimum absolute atomic E-state index is 0.702. The number of allylic oxidation sites excluding steroid dienone is 3. The summed E-state index contributed by atoms with van der Waals surface area (Å²) in [6.07, 6.45) is 0.702. The van der Waals surface area contributed by atoms with E-state index in [-0.39, 0.29) is 0 Å². The van der Waals surface area contributed by atoms with Crippen molar-refractivity contribution in [2.45, 2.75) is 13.3 Å². The Kier molecular flexibility index (Phi) is 3.49. The van der Waals surface area contributed by atoms with E-state index in [9.17, 15) is 0 Å². The average Bonchev–Trinajstić information content (AvgIpc) is 3.30. The number of hydrogen-bond acceptors (Lipinski definition) is 4. The lowest BCUT2D eigenvalue weighted by molar-refractivity contribution is 0.881. The molecule has 0 aliphatic heterocycles. The van der Waals surface area contributed by atoms with E-state index in [4.69, 9.17) is 11.6 Å². The van der Waals surface area contributed by atoms with Gasteiger partial charge in [0, 0.05) is 36.8 Å². The molecule has 2 aliphatic carbocycles. The van der Waals surface area contributed by atoms with E-state index in [1.807, 2.05) is 12.1 Å². The van der Waals surface area contributed by atoms with Crippen LogP contribution in [0.15, 0.2) is 42.0 Å². The lowest BCUT2D eigenvalue weighted by Crippen LogP contribution is -2.12. The monoisotopic (exact) mass is 375 g/mol. The highest BCUT2D eigenvalue weighted by atomic mass is 35.5. The van der Waals surface area contributed by atoms with Crippen molar-refractivity contribution in [3.8, 4) is 0 Å². The van der Waals surface area contributed by atoms with Crippen LogP contribution in [0.3, 0.4) is 0 Å². The second-order valence-electron chi connectivity index (χ2n) is 7.16. The number of rotatable bonds is 4. The molecule has 0 amide bonds. The van der Waals surface area contributed by atoms with Crippen molar-refractivity contribution in [3.05, 3.63) is 75.1 Å². The van der Waals surface area contributed by atoms with Crippen molar-refractivity contribution >= 4 is 34.0 Å². The summed E-state index contributed by atoms with van der Waals surface area (Å²) in [5.74, 6) is 0.785. The number of halogens is 1. The first-order valence-electron chi connectivity index (χ1n) is 8.84. The molecule has 5 rings (SSSR count). The molecule has 4 bridgehead atoms. The lowest BCUT2D eigenvalue weighted by Gasteiger charge is -2.23. The maximum atomic E-state index is 6.13. The Morgan fingerprint density at radius 2 is 1.78 bits per heavy atom. The predicted octanol–water partition coefficient (Wildman–Crippen LogP) is 4.22. The van der Waals surface area contributed by atoms with Gasteiger partial charge in [0.15, 0.2) is 5.82 Å². The van der Waals surface area contributed by atoms with Crippen molar-refractivity contribution in [2.24, 2.45) is 0 Å². The van der Waals surface area contributed by atoms with E-state index in [0.29, 0.717) is 6.42 Å². The van der Waals surface area contributed by atoms with Crippen LogP contribution in [0.5, 0.6) is 0 Å². The van der Waals surface area contributed by atoms with Gasteiger partial charge in [-0.15, -0.1) is 5.10 Å². The van der Waals surface area contributed by atoms with E-state index >= 15 is 0 Å². The highest BCUT2D eigenvalue weighted by Gasteiger charge is 2.38. The van der Waals surface area contributed by atoms with Gasteiger partial charge in [-0.05, 0) is 74.5 Å². The van der Waals surface area contributed by atoms with E-state index < -0.39 is 0 Å². The second kappa shape index (κ2) is 5.79. The Morgan fingerprint density at radius 1 is 1.00 bits per heavy atom. The van der Waals surface area contributed by atoms with Gasteiger partial charge in [-0.2, -0.15) is 0 Å². The molecule has 3 aromatic rings. The third-order valence-corrected chi connectivity index (χ3v) is 5.68. The molecule has 0 spiro atoms. The number of tetrazole rings is 1. The number of H-pyrrole nitrogens is 1. The fourth-order valence-corrected chi connectivity index (χ4v) is 4.40. The number of benzene rings is 2. The summed E-state index contributed by atoms with van der Waals surface area (Å²) in [5.41, 5.74) is 11.5. The fraction of sp³-hybridized carbons (Fsp3) is 0.190. The van der Waals surface area contributed by atoms with Crippen molar-refractivity contribution in [1.29, 1.82) is 0 Å². The number of nitrogens with zero attached hydrogens (tertiary/aromatic N) is 4. The van der Waals surface area contributed by atoms with Crippen LogP contribution in [0.1, 0.15) is 35.0 Å². The molecule has 0 saturated carbocycles. The molecule has 0 saturated heterocycles. The van der Waals surface area contributed by atoms with Crippen molar-refractivity contribution in [2.75, 3.05) is 19.0 Å². The lowest BCUT2D eigenvalue weighted by atomic mass is 9.86. The summed E-state index contributed by atoms with van der Waals surface area (Å²) in [5, 5.41) is 15.2. The third kappa shape index (κ3) is 2.28. The minimum Gasteiger partial charge on any atom is -0.377 e. The molecule has 0 fully saturated rings. The van der Waals surface area contributed by atoms with Crippen LogP contribution in [0.25, 0.3) is 16.7 Å². The highest BCUT2D eigenvalue weighted by Crippen LogP contribution is 2.58. The molecule has 5 nitrogen and oxygen atoms in total. The minimum atomic E-state index is 0.702. The Hall–Kier alpha value is -2.92. The van der Waals surface area contributed by atoms with E-state index in [0.717, 1.165) is 10.8 Å². The fourth-order valence-electron chi connectivity index (χ4n) is 4.27. The van der Waals surface area contributed by atoms with Gasteiger partial charge in [-0.3, -0.25) is 0 Å². The summed E-state index contributed by atoms with van der Waals surface area (Å²) in [4.78, 5) is 2.18. The second-order valence-corrected chi connectivity index (χ2v) is 7.60. The Morgan fingerprint density at radius 3 is 2.44 bits per heavy atom. The van der Waals surface area contributed by atoms with Gasteiger partial charge in [0.05, 0.1) is 0 Å². The molecule has 2 aliphatic rings. The van der Waals surface area contributed by atoms with Gasteiger partial charge in [0.2, 0.25) is 0 Å². The maximum Gasteiger partial charge on any atom is 0.152 e. The molecule has 1 N–H and O–H groups in total. The van der Waals surface area contributed by atoms with Gasteiger partial charge in [0.25, 0.3) is 0 Å². The van der Waals surface area contributed by atoms with Crippen LogP contribution in [0.2, 0.25) is 5.02 Å². The van der Waals surface area contributed by atoms with Gasteiger partial charge < -0.3 is 4.90 Å². The zero-order chi connectivity index (χ0) is 18.7. The predicted molar refractivity (Wildman–Crippen MR) is 109 cm³/mol. The largest absolute Gasteiger partial charge is 0.377 e. The molecular formula is C21H18ClN5. The molecule has 27 heavy (non-hydrogen) atoms. The summed E-state index contributed by atoms with van der Waals surface area (Å²) >= 11 is 6.13. The van der Waals surface area contributed by atoms with Crippen LogP contribution >= 0.6 is 11.6 Å². The molecule has 0 unspecified atom stereocenters. The number of aromatic amines is 1. The topological polar surface area (TPSA) is 57.7 Å². The third-order valence-electron chi connectivity index (χ3n) is 5.43. The summed E-state index contributed by atoms with van der Waals surface area (Å²) in [7, 11) is 4.18. The Balaban J connectivity index is 1.76. The van der Waals surface area contributed by atoms with Crippen LogP contribution in [-0.2, 0) is 6.42 Å². The van der Waals surface area contributed by atoms with Gasteiger partial charge in [-0.25, -0.2) is 5.10 Å². The SMILES string of the molecule is CC1=C(Cc2nnn[nH]2)c2c3ccc(N(C)C)c2C(c2ccc(Cl)cc2)=C13. The normalized spacial score (nSPS) is 14.5. The molecular weight excluding hydrogens is 358 g/mol. The molecule has 0 atom stereocenters. The van der Waals surface area contributed by atoms with E-state index in [2.05, 4.69) is 70.8 Å². The standard InChI is InChI=1S/C21H18ClN5/c1-11-15(10-17-23-25-26-24-17)20-14-8-9-16(27(2)3)21(20)19(18(11)14)12-4-6-13(22)7-5-12/h4-9H,10H2,1-3H3,(H,23,24,25,26). The number of anilines is 1. The van der Waals surface area contributed by atoms with Crippen molar-refractivity contribution in [3.63, 3.8) is 0 Å². The van der Waals surface area contributed by atoms with Crippen LogP contribution in [-0.4, -0.2) is 34.7 Å². The van der Waals surface area contributed by atoms with E-state index in [1.165, 1.54) is 50.2 Å². The zero-order valence-electron chi connectivity index (χ0n) is 15.3. The molecule has 1 aromatic heterocycles. The summed E-state index contributed by atoms with van der Waals surface area (Å²) < 4.78 is 0. The Bertz CT molecular complexity index is 1120. The highest BCUT2D eigenvalue weighted by molar-refractivity contribution is 6.30. The first kappa shape index (κ1) is 16.3. The molecule has 6 heteroatoms. The van der Waals surface area contributed by atoms with Gasteiger partial charge in [0.1, 0.15) is 0 Å². The van der Waals surface area contributed by atoms with Gasteiger partial charge >= 0.3 is 0 Å².